The van der Waals surface area contributed by atoms with Gasteiger partial charge in [-0.3, -0.25) is 0 Å². The van der Waals surface area contributed by atoms with Crippen molar-refractivity contribution in [3.05, 3.63) is 94.1 Å². The molecule has 0 radical (unpaired) electrons. The zero-order valence-corrected chi connectivity index (χ0v) is 33.0. The summed E-state index contributed by atoms with van der Waals surface area (Å²) in [6.45, 7) is 21.8. The summed E-state index contributed by atoms with van der Waals surface area (Å²) in [7, 11) is 18.5. The Kier molecular flexibility index (Phi) is 14.5. The molecule has 4 nitrogen and oxygen atoms in total. The third-order valence-electron chi connectivity index (χ3n) is 7.11. The van der Waals surface area contributed by atoms with Crippen LogP contribution in [0.2, 0.25) is 0 Å². The van der Waals surface area contributed by atoms with Crippen molar-refractivity contribution < 1.29 is 46.7 Å². The molecule has 1 aliphatic rings. The van der Waals surface area contributed by atoms with Crippen LogP contribution in [0.5, 0.6) is 5.75 Å². The summed E-state index contributed by atoms with van der Waals surface area (Å²) in [5, 5.41) is 0. The minimum Gasteiger partial charge on any atom is -1.00 e. The maximum absolute atomic E-state index is 5.82. The Morgan fingerprint density at radius 2 is 1.37 bits per heavy atom. The third kappa shape index (κ3) is 11.0. The summed E-state index contributed by atoms with van der Waals surface area (Å²) >= 11 is -1.77. The molecular weight excluding hydrogens is 777 g/mol. The fraction of sp³-hybridized carbons (Fsp3) is 0.429. The Morgan fingerprint density at radius 3 is 1.84 bits per heavy atom. The van der Waals surface area contributed by atoms with E-state index in [1.807, 2.05) is 42.7 Å². The van der Waals surface area contributed by atoms with E-state index in [0.29, 0.717) is 6.04 Å². The molecule has 1 unspecified atom stereocenters. The van der Waals surface area contributed by atoms with Crippen LogP contribution in [0.3, 0.4) is 0 Å². The van der Waals surface area contributed by atoms with Crippen LogP contribution >= 0.6 is 19.4 Å². The summed E-state index contributed by atoms with van der Waals surface area (Å²) in [6, 6.07) is 17.4. The topological polar surface area (TPSA) is 15.7 Å². The number of benzene rings is 3. The maximum atomic E-state index is 5.82. The standard InChI is InChI=1S/C25H37N3.C10H12O.2ClH.HI.Ru/c1-17-10-19(3)24(20(4)11-17)26-14-23(15-28(7,8)9)27(16-26)25-21(5)12-18(2)13-22(25)6;1-8(2)11-10-7-5-4-6-9(10)3;;;;/h10-13,16,23H,14-15H2,1-9H3;3-8H,1-2H3;3*1H;/q;;;;;+2/p-3. The van der Waals surface area contributed by atoms with Crippen molar-refractivity contribution in [3.8, 4) is 5.75 Å². The Bertz CT molecular complexity index is 1370. The van der Waals surface area contributed by atoms with Gasteiger partial charge >= 0.3 is 97.8 Å². The van der Waals surface area contributed by atoms with Gasteiger partial charge < -0.3 is 38.3 Å². The van der Waals surface area contributed by atoms with E-state index in [4.69, 9.17) is 24.1 Å². The summed E-state index contributed by atoms with van der Waals surface area (Å²) in [5.74, 6) is 0.850. The number of halogens is 3. The second-order valence-corrected chi connectivity index (χ2v) is 18.5. The minimum absolute atomic E-state index is 0. The molecule has 1 saturated heterocycles. The van der Waals surface area contributed by atoms with Crippen molar-refractivity contribution in [2.75, 3.05) is 44.0 Å². The van der Waals surface area contributed by atoms with Gasteiger partial charge in [-0.15, -0.1) is 0 Å². The van der Waals surface area contributed by atoms with Gasteiger partial charge in [-0.2, -0.15) is 6.67 Å². The van der Waals surface area contributed by atoms with Gasteiger partial charge in [0.05, 0.1) is 33.7 Å². The number of rotatable bonds is 7. The number of nitrogens with zero attached hydrogens (tertiary/aromatic N) is 3. The van der Waals surface area contributed by atoms with Crippen molar-refractivity contribution >= 4 is 35.4 Å². The average Bonchev–Trinajstić information content (AvgIpc) is 3.19. The van der Waals surface area contributed by atoms with E-state index in [1.54, 1.807) is 0 Å². The van der Waals surface area contributed by atoms with Crippen molar-refractivity contribution in [1.82, 2.24) is 0 Å². The maximum Gasteiger partial charge on any atom is 0.0979 e. The molecule has 0 amide bonds. The number of likely N-dealkylation sites (N-methyl/N-ethyl adjacent to an activating group) is 1. The first-order valence-electron chi connectivity index (χ1n) is 14.5. The number of hydrogen-bond acceptors (Lipinski definition) is 3. The largest absolute Gasteiger partial charge is 1.00 e. The Morgan fingerprint density at radius 1 is 0.884 bits per heavy atom. The smallest absolute Gasteiger partial charge is 0.0979 e. The molecule has 0 N–H and O–H groups in total. The van der Waals surface area contributed by atoms with E-state index in [0.717, 1.165) is 28.9 Å². The first kappa shape index (κ1) is 38.0. The molecule has 0 aliphatic carbocycles. The van der Waals surface area contributed by atoms with Gasteiger partial charge in [-0.1, -0.05) is 35.4 Å². The molecule has 0 aromatic heterocycles. The molecule has 0 bridgehead atoms. The van der Waals surface area contributed by atoms with E-state index >= 15 is 0 Å². The van der Waals surface area contributed by atoms with Crippen molar-refractivity contribution in [1.29, 1.82) is 0 Å². The molecule has 8 heteroatoms. The van der Waals surface area contributed by atoms with Crippen molar-refractivity contribution in [2.24, 2.45) is 0 Å². The quantitative estimate of drug-likeness (QED) is 0.134. The number of ether oxygens (including phenoxy) is 1. The molecule has 0 spiro atoms. The van der Waals surface area contributed by atoms with Gasteiger partial charge in [-0.25, -0.2) is 0 Å². The zero-order chi connectivity index (χ0) is 31.4. The molecule has 1 fully saturated rings. The fourth-order valence-electron chi connectivity index (χ4n) is 5.99. The van der Waals surface area contributed by atoms with E-state index in [-0.39, 0.29) is 30.1 Å². The Hall–Kier alpha value is -1.18. The van der Waals surface area contributed by atoms with Crippen LogP contribution in [0, 0.1) is 48.2 Å². The Balaban J connectivity index is 0.000000364. The second kappa shape index (κ2) is 16.4. The molecule has 3 aromatic carbocycles. The van der Waals surface area contributed by atoms with Crippen molar-refractivity contribution in [2.45, 2.75) is 67.5 Å². The van der Waals surface area contributed by atoms with Gasteiger partial charge in [0, 0.05) is 17.9 Å². The monoisotopic (exact) mass is 826 g/mol. The van der Waals surface area contributed by atoms with E-state index in [2.05, 4.69) is 103 Å². The zero-order valence-electron chi connectivity index (χ0n) is 27.6. The van der Waals surface area contributed by atoms with Gasteiger partial charge in [-0.05, 0) is 63.8 Å². The van der Waals surface area contributed by atoms with E-state index in [1.165, 1.54) is 44.8 Å². The molecule has 0 saturated carbocycles. The average molecular weight is 827 g/mol. The third-order valence-corrected chi connectivity index (χ3v) is 8.94. The molecule has 1 aliphatic heterocycles. The van der Waals surface area contributed by atoms with Crippen LogP contribution in [0.15, 0.2) is 48.5 Å². The van der Waals surface area contributed by atoms with Gasteiger partial charge in [0.15, 0.2) is 0 Å². The van der Waals surface area contributed by atoms with E-state index in [9.17, 15) is 0 Å². The van der Waals surface area contributed by atoms with Gasteiger partial charge in [0.25, 0.3) is 0 Å². The number of quaternary nitrogens is 1. The van der Waals surface area contributed by atoms with Crippen LogP contribution in [-0.2, 0) is 13.5 Å². The molecule has 240 valence electrons. The normalized spacial score (nSPS) is 15.1. The SMILES string of the molecule is CC(C)Oc1ccccc1[CH]=[Ru]([Cl])[Cl].Cc1cc(C)c(N2[CH-]N(c3c(C)cc(C)cc3C)C(C[N+](C)(C)C)C2)c(C)c1.[I-]. The molecule has 43 heavy (non-hydrogen) atoms. The summed E-state index contributed by atoms with van der Waals surface area (Å²) in [4.78, 5) is 5.01. The van der Waals surface area contributed by atoms with Crippen LogP contribution in [-0.4, -0.2) is 55.5 Å². The number of para-hydroxylation sites is 1. The molecule has 3 aromatic rings. The Labute approximate surface area is 291 Å². The first-order valence-corrected chi connectivity index (χ1v) is 20.0. The number of aryl methyl sites for hydroxylation is 6. The molecule has 1 heterocycles. The minimum atomic E-state index is -1.77. The van der Waals surface area contributed by atoms with Crippen molar-refractivity contribution in [3.63, 3.8) is 0 Å². The number of hydrogen-bond donors (Lipinski definition) is 0. The fourth-order valence-corrected chi connectivity index (χ4v) is 7.79. The molecular formula is C35H49Cl2IN3ORu-. The molecule has 1 atom stereocenters. The van der Waals surface area contributed by atoms with Gasteiger partial charge in [0.1, 0.15) is 0 Å². The van der Waals surface area contributed by atoms with E-state index < -0.39 is 13.5 Å². The predicted octanol–water partition coefficient (Wildman–Crippen LogP) is 5.61. The number of anilines is 2. The van der Waals surface area contributed by atoms with Crippen LogP contribution < -0.4 is 38.5 Å². The first-order chi connectivity index (χ1) is 19.6. The second-order valence-electron chi connectivity index (χ2n) is 12.8. The molecule has 4 rings (SSSR count). The van der Waals surface area contributed by atoms with Crippen LogP contribution in [0.4, 0.5) is 11.4 Å². The predicted molar refractivity (Wildman–Crippen MR) is 181 cm³/mol. The van der Waals surface area contributed by atoms with Crippen LogP contribution in [0.25, 0.3) is 0 Å². The summed E-state index contributed by atoms with van der Waals surface area (Å²) in [5.41, 5.74) is 11.8. The van der Waals surface area contributed by atoms with Gasteiger partial charge in [0.2, 0.25) is 0 Å². The summed E-state index contributed by atoms with van der Waals surface area (Å²) < 4.78 is 8.47. The summed E-state index contributed by atoms with van der Waals surface area (Å²) in [6.07, 6.45) is 0.163. The van der Waals surface area contributed by atoms with Crippen LogP contribution in [0.1, 0.15) is 52.8 Å².